The van der Waals surface area contributed by atoms with E-state index in [1.807, 2.05) is 19.1 Å². The van der Waals surface area contributed by atoms with Crippen molar-refractivity contribution in [2.24, 2.45) is 0 Å². The molecule has 1 unspecified atom stereocenters. The van der Waals surface area contributed by atoms with Crippen LogP contribution in [-0.2, 0) is 14.3 Å². The fraction of sp³-hybridized carbons (Fsp3) is 0.562. The first kappa shape index (κ1) is 17.8. The predicted molar refractivity (Wildman–Crippen MR) is 89.3 cm³/mol. The van der Waals surface area contributed by atoms with E-state index in [1.54, 1.807) is 18.1 Å². The standard InChI is InChI=1S/C16H23ClN2O4/c1-12-11-19(6-7-22-12)15(20)10-18-14-5-3-4-13(17)16(14)23-9-8-21-2/h3-5,12,18H,6-11H2,1-2H3. The van der Waals surface area contributed by atoms with Gasteiger partial charge >= 0.3 is 0 Å². The van der Waals surface area contributed by atoms with Gasteiger partial charge in [-0.3, -0.25) is 4.79 Å². The molecule has 1 aliphatic heterocycles. The van der Waals surface area contributed by atoms with E-state index in [0.717, 1.165) is 0 Å². The van der Waals surface area contributed by atoms with Gasteiger partial charge in [-0.1, -0.05) is 17.7 Å². The number of para-hydroxylation sites is 1. The molecule has 0 aliphatic carbocycles. The van der Waals surface area contributed by atoms with E-state index >= 15 is 0 Å². The van der Waals surface area contributed by atoms with Crippen LogP contribution in [0.5, 0.6) is 5.75 Å². The summed E-state index contributed by atoms with van der Waals surface area (Å²) in [5.74, 6) is 0.567. The molecule has 0 radical (unpaired) electrons. The molecule has 1 aromatic carbocycles. The maximum Gasteiger partial charge on any atom is 0.242 e. The molecule has 0 bridgehead atoms. The van der Waals surface area contributed by atoms with Gasteiger partial charge in [-0.25, -0.2) is 0 Å². The summed E-state index contributed by atoms with van der Waals surface area (Å²) in [6.45, 7) is 4.83. The van der Waals surface area contributed by atoms with Crippen LogP contribution in [0.25, 0.3) is 0 Å². The van der Waals surface area contributed by atoms with Gasteiger partial charge in [0.25, 0.3) is 0 Å². The summed E-state index contributed by atoms with van der Waals surface area (Å²) in [6, 6.07) is 5.40. The van der Waals surface area contributed by atoms with Crippen LogP contribution in [0.3, 0.4) is 0 Å². The number of hydrogen-bond donors (Lipinski definition) is 1. The molecule has 0 saturated carbocycles. The van der Waals surface area contributed by atoms with Gasteiger partial charge in [0.2, 0.25) is 5.91 Å². The largest absolute Gasteiger partial charge is 0.487 e. The SMILES string of the molecule is COCCOc1c(Cl)cccc1NCC(=O)N1CCOC(C)C1. The maximum atomic E-state index is 12.3. The highest BCUT2D eigenvalue weighted by Crippen LogP contribution is 2.32. The Kier molecular flexibility index (Phi) is 6.95. The van der Waals surface area contributed by atoms with E-state index in [1.165, 1.54) is 0 Å². The molecule has 1 N–H and O–H groups in total. The monoisotopic (exact) mass is 342 g/mol. The van der Waals surface area contributed by atoms with Crippen LogP contribution in [0, 0.1) is 0 Å². The molecule has 6 nitrogen and oxygen atoms in total. The second-order valence-electron chi connectivity index (χ2n) is 5.33. The van der Waals surface area contributed by atoms with Crippen molar-refractivity contribution >= 4 is 23.2 Å². The highest BCUT2D eigenvalue weighted by Gasteiger charge is 2.21. The Balaban J connectivity index is 1.94. The number of carbonyl (C=O) groups is 1. The van der Waals surface area contributed by atoms with Crippen LogP contribution in [0.15, 0.2) is 18.2 Å². The zero-order valence-electron chi connectivity index (χ0n) is 13.5. The molecule has 0 aromatic heterocycles. The first-order valence-electron chi connectivity index (χ1n) is 7.65. The molecule has 0 spiro atoms. The third-order valence-electron chi connectivity index (χ3n) is 3.52. The first-order chi connectivity index (χ1) is 11.1. The second-order valence-corrected chi connectivity index (χ2v) is 5.74. The van der Waals surface area contributed by atoms with E-state index in [2.05, 4.69) is 5.32 Å². The molecule has 1 heterocycles. The Bertz CT molecular complexity index is 527. The highest BCUT2D eigenvalue weighted by molar-refractivity contribution is 6.32. The minimum absolute atomic E-state index is 0.0305. The number of nitrogens with zero attached hydrogens (tertiary/aromatic N) is 1. The Labute approximate surface area is 141 Å². The normalized spacial score (nSPS) is 17.9. The van der Waals surface area contributed by atoms with Gasteiger partial charge in [0, 0.05) is 20.2 Å². The van der Waals surface area contributed by atoms with Gasteiger partial charge in [0.05, 0.1) is 36.6 Å². The average Bonchev–Trinajstić information content (AvgIpc) is 2.54. The number of nitrogens with one attached hydrogen (secondary N) is 1. The molecule has 1 fully saturated rings. The summed E-state index contributed by atoms with van der Waals surface area (Å²) >= 11 is 6.17. The molecular formula is C16H23ClN2O4. The molecule has 7 heteroatoms. The van der Waals surface area contributed by atoms with Crippen LogP contribution in [0.2, 0.25) is 5.02 Å². The summed E-state index contributed by atoms with van der Waals surface area (Å²) in [5, 5.41) is 3.61. The van der Waals surface area contributed by atoms with Crippen LogP contribution in [-0.4, -0.2) is 63.5 Å². The minimum Gasteiger partial charge on any atom is -0.487 e. The van der Waals surface area contributed by atoms with Crippen LogP contribution >= 0.6 is 11.6 Å². The van der Waals surface area contributed by atoms with Crippen molar-refractivity contribution in [2.75, 3.05) is 51.9 Å². The lowest BCUT2D eigenvalue weighted by Crippen LogP contribution is -2.46. The summed E-state index contributed by atoms with van der Waals surface area (Å²) < 4.78 is 16.1. The predicted octanol–water partition coefficient (Wildman–Crippen LogP) is 2.02. The lowest BCUT2D eigenvalue weighted by atomic mass is 10.2. The zero-order valence-corrected chi connectivity index (χ0v) is 14.3. The summed E-state index contributed by atoms with van der Waals surface area (Å²) in [6.07, 6.45) is 0.0757. The summed E-state index contributed by atoms with van der Waals surface area (Å²) in [7, 11) is 1.61. The lowest BCUT2D eigenvalue weighted by Gasteiger charge is -2.31. The maximum absolute atomic E-state index is 12.3. The van der Waals surface area contributed by atoms with Gasteiger partial charge in [-0.15, -0.1) is 0 Å². The van der Waals surface area contributed by atoms with E-state index in [-0.39, 0.29) is 18.6 Å². The number of ether oxygens (including phenoxy) is 3. The third-order valence-corrected chi connectivity index (χ3v) is 3.82. The number of morpholine rings is 1. The van der Waals surface area contributed by atoms with Crippen LogP contribution in [0.1, 0.15) is 6.92 Å². The number of halogens is 1. The Morgan fingerprint density at radius 3 is 3.04 bits per heavy atom. The zero-order chi connectivity index (χ0) is 16.7. The van der Waals surface area contributed by atoms with Crippen molar-refractivity contribution in [3.63, 3.8) is 0 Å². The molecule has 1 saturated heterocycles. The molecule has 1 amide bonds. The van der Waals surface area contributed by atoms with Crippen molar-refractivity contribution < 1.29 is 19.0 Å². The van der Waals surface area contributed by atoms with Gasteiger partial charge in [-0.2, -0.15) is 0 Å². The number of amides is 1. The molecule has 23 heavy (non-hydrogen) atoms. The Morgan fingerprint density at radius 2 is 2.30 bits per heavy atom. The van der Waals surface area contributed by atoms with E-state index < -0.39 is 0 Å². The third kappa shape index (κ3) is 5.27. The quantitative estimate of drug-likeness (QED) is 0.768. The number of methoxy groups -OCH3 is 1. The van der Waals surface area contributed by atoms with Crippen molar-refractivity contribution in [3.8, 4) is 5.75 Å². The fourth-order valence-electron chi connectivity index (χ4n) is 2.35. The lowest BCUT2D eigenvalue weighted by molar-refractivity contribution is -0.136. The smallest absolute Gasteiger partial charge is 0.242 e. The molecule has 1 aromatic rings. The van der Waals surface area contributed by atoms with Gasteiger partial charge < -0.3 is 24.4 Å². The Hall–Kier alpha value is -1.50. The number of hydrogen-bond acceptors (Lipinski definition) is 5. The van der Waals surface area contributed by atoms with Gasteiger partial charge in [0.1, 0.15) is 6.61 Å². The number of anilines is 1. The molecule has 128 valence electrons. The molecule has 2 rings (SSSR count). The topological polar surface area (TPSA) is 60.0 Å². The Morgan fingerprint density at radius 1 is 1.48 bits per heavy atom. The van der Waals surface area contributed by atoms with Gasteiger partial charge in [-0.05, 0) is 19.1 Å². The number of carbonyl (C=O) groups excluding carboxylic acids is 1. The fourth-order valence-corrected chi connectivity index (χ4v) is 2.58. The molecule has 1 atom stereocenters. The van der Waals surface area contributed by atoms with Gasteiger partial charge in [0.15, 0.2) is 5.75 Å². The van der Waals surface area contributed by atoms with Crippen molar-refractivity contribution in [3.05, 3.63) is 23.2 Å². The van der Waals surface area contributed by atoms with E-state index in [0.29, 0.717) is 49.4 Å². The number of rotatable bonds is 7. The highest BCUT2D eigenvalue weighted by atomic mass is 35.5. The van der Waals surface area contributed by atoms with E-state index in [9.17, 15) is 4.79 Å². The first-order valence-corrected chi connectivity index (χ1v) is 8.03. The van der Waals surface area contributed by atoms with Crippen LogP contribution < -0.4 is 10.1 Å². The summed E-state index contributed by atoms with van der Waals surface area (Å²) in [4.78, 5) is 14.1. The van der Waals surface area contributed by atoms with Crippen molar-refractivity contribution in [1.82, 2.24) is 4.90 Å². The van der Waals surface area contributed by atoms with Crippen molar-refractivity contribution in [2.45, 2.75) is 13.0 Å². The molecular weight excluding hydrogens is 320 g/mol. The van der Waals surface area contributed by atoms with Crippen LogP contribution in [0.4, 0.5) is 5.69 Å². The summed E-state index contributed by atoms with van der Waals surface area (Å²) in [5.41, 5.74) is 0.697. The number of benzene rings is 1. The second kappa shape index (κ2) is 8.96. The van der Waals surface area contributed by atoms with Crippen molar-refractivity contribution in [1.29, 1.82) is 0 Å². The molecule has 1 aliphatic rings. The average molecular weight is 343 g/mol. The minimum atomic E-state index is 0.0305. The van der Waals surface area contributed by atoms with E-state index in [4.69, 9.17) is 25.8 Å².